The summed E-state index contributed by atoms with van der Waals surface area (Å²) in [6.45, 7) is 0. The monoisotopic (exact) mass is 291 g/mol. The van der Waals surface area contributed by atoms with E-state index in [2.05, 4.69) is 64.4 Å². The minimum absolute atomic E-state index is 1.00. The lowest BCUT2D eigenvalue weighted by molar-refractivity contribution is 1.08. The summed E-state index contributed by atoms with van der Waals surface area (Å²) in [5, 5.41) is 2.40. The van der Waals surface area contributed by atoms with E-state index in [4.69, 9.17) is 4.98 Å². The SMILES string of the molecule is CN(C)c1ccc(-c2cc3ccccc3c(N(C)C)n2)cc1. The van der Waals surface area contributed by atoms with Crippen LogP contribution in [0.25, 0.3) is 22.0 Å². The molecule has 0 aliphatic rings. The van der Waals surface area contributed by atoms with Crippen LogP contribution in [0.15, 0.2) is 54.6 Å². The second-order valence-corrected chi connectivity index (χ2v) is 5.89. The molecule has 0 radical (unpaired) electrons. The van der Waals surface area contributed by atoms with Crippen LogP contribution < -0.4 is 9.80 Å². The van der Waals surface area contributed by atoms with Crippen molar-refractivity contribution in [3.63, 3.8) is 0 Å². The molecular formula is C19H21N3. The maximum atomic E-state index is 4.86. The normalized spacial score (nSPS) is 10.7. The number of nitrogens with zero attached hydrogens (tertiary/aromatic N) is 3. The Balaban J connectivity index is 2.14. The van der Waals surface area contributed by atoms with Gasteiger partial charge in [0, 0.05) is 44.8 Å². The van der Waals surface area contributed by atoms with Gasteiger partial charge >= 0.3 is 0 Å². The average molecular weight is 291 g/mol. The lowest BCUT2D eigenvalue weighted by Gasteiger charge is -2.17. The molecule has 1 heterocycles. The van der Waals surface area contributed by atoms with Crippen LogP contribution in [-0.4, -0.2) is 33.2 Å². The molecule has 0 N–H and O–H groups in total. The Morgan fingerprint density at radius 2 is 1.45 bits per heavy atom. The smallest absolute Gasteiger partial charge is 0.136 e. The van der Waals surface area contributed by atoms with Crippen molar-refractivity contribution in [2.45, 2.75) is 0 Å². The number of hydrogen-bond donors (Lipinski definition) is 0. The Hall–Kier alpha value is -2.55. The van der Waals surface area contributed by atoms with Crippen molar-refractivity contribution < 1.29 is 0 Å². The number of anilines is 2. The molecule has 112 valence electrons. The number of hydrogen-bond acceptors (Lipinski definition) is 3. The maximum Gasteiger partial charge on any atom is 0.136 e. The van der Waals surface area contributed by atoms with Gasteiger partial charge in [0.1, 0.15) is 5.82 Å². The fraction of sp³-hybridized carbons (Fsp3) is 0.211. The molecule has 0 fully saturated rings. The van der Waals surface area contributed by atoms with E-state index in [-0.39, 0.29) is 0 Å². The van der Waals surface area contributed by atoms with Crippen molar-refractivity contribution in [2.24, 2.45) is 0 Å². The Morgan fingerprint density at radius 1 is 0.773 bits per heavy atom. The molecule has 0 bridgehead atoms. The summed E-state index contributed by atoms with van der Waals surface area (Å²) >= 11 is 0. The molecule has 1 aromatic heterocycles. The summed E-state index contributed by atoms with van der Waals surface area (Å²) in [6.07, 6.45) is 0. The Kier molecular flexibility index (Phi) is 3.72. The highest BCUT2D eigenvalue weighted by Gasteiger charge is 2.09. The van der Waals surface area contributed by atoms with Gasteiger partial charge in [0.05, 0.1) is 5.69 Å². The number of benzene rings is 2. The van der Waals surface area contributed by atoms with Gasteiger partial charge < -0.3 is 9.80 Å². The zero-order valence-electron chi connectivity index (χ0n) is 13.5. The molecule has 3 aromatic rings. The lowest BCUT2D eigenvalue weighted by atomic mass is 10.1. The number of pyridine rings is 1. The number of aromatic nitrogens is 1. The van der Waals surface area contributed by atoms with E-state index in [1.54, 1.807) is 0 Å². The molecule has 22 heavy (non-hydrogen) atoms. The first-order valence-corrected chi connectivity index (χ1v) is 7.41. The predicted molar refractivity (Wildman–Crippen MR) is 95.8 cm³/mol. The average Bonchev–Trinajstić information content (AvgIpc) is 2.53. The topological polar surface area (TPSA) is 19.4 Å². The molecule has 3 heteroatoms. The third-order valence-electron chi connectivity index (χ3n) is 3.82. The van der Waals surface area contributed by atoms with Gasteiger partial charge in [-0.2, -0.15) is 0 Å². The first kappa shape index (κ1) is 14.4. The highest BCUT2D eigenvalue weighted by atomic mass is 15.1. The third kappa shape index (κ3) is 2.62. The molecule has 0 unspecified atom stereocenters. The number of rotatable bonds is 3. The number of fused-ring (bicyclic) bond motifs is 1. The van der Waals surface area contributed by atoms with Crippen LogP contribution in [0.5, 0.6) is 0 Å². The fourth-order valence-electron chi connectivity index (χ4n) is 2.60. The van der Waals surface area contributed by atoms with E-state index in [9.17, 15) is 0 Å². The summed E-state index contributed by atoms with van der Waals surface area (Å²) in [4.78, 5) is 9.03. The molecular weight excluding hydrogens is 270 g/mol. The highest BCUT2D eigenvalue weighted by molar-refractivity contribution is 5.94. The van der Waals surface area contributed by atoms with Gasteiger partial charge in [-0.05, 0) is 23.6 Å². The van der Waals surface area contributed by atoms with Gasteiger partial charge in [-0.25, -0.2) is 4.98 Å². The van der Waals surface area contributed by atoms with E-state index in [0.29, 0.717) is 0 Å². The Bertz CT molecular complexity index is 789. The third-order valence-corrected chi connectivity index (χ3v) is 3.82. The first-order chi connectivity index (χ1) is 10.6. The van der Waals surface area contributed by atoms with Gasteiger partial charge in [-0.15, -0.1) is 0 Å². The van der Waals surface area contributed by atoms with E-state index < -0.39 is 0 Å². The summed E-state index contributed by atoms with van der Waals surface area (Å²) in [7, 11) is 8.17. The van der Waals surface area contributed by atoms with Crippen molar-refractivity contribution in [1.82, 2.24) is 4.98 Å². The molecule has 0 atom stereocenters. The van der Waals surface area contributed by atoms with Crippen LogP contribution in [0.4, 0.5) is 11.5 Å². The van der Waals surface area contributed by atoms with Gasteiger partial charge in [0.25, 0.3) is 0 Å². The molecule has 0 amide bonds. The van der Waals surface area contributed by atoms with E-state index in [1.165, 1.54) is 16.5 Å². The lowest BCUT2D eigenvalue weighted by Crippen LogP contribution is -2.11. The largest absolute Gasteiger partial charge is 0.378 e. The zero-order chi connectivity index (χ0) is 15.7. The van der Waals surface area contributed by atoms with Gasteiger partial charge in [-0.3, -0.25) is 0 Å². The molecule has 0 aliphatic heterocycles. The quantitative estimate of drug-likeness (QED) is 0.726. The second-order valence-electron chi connectivity index (χ2n) is 5.89. The second kappa shape index (κ2) is 5.68. The van der Waals surface area contributed by atoms with Crippen LogP contribution >= 0.6 is 0 Å². The Labute approximate surface area is 131 Å². The van der Waals surface area contributed by atoms with Crippen molar-refractivity contribution in [3.8, 4) is 11.3 Å². The van der Waals surface area contributed by atoms with Crippen molar-refractivity contribution in [1.29, 1.82) is 0 Å². The molecule has 3 rings (SSSR count). The highest BCUT2D eigenvalue weighted by Crippen LogP contribution is 2.29. The molecule has 0 saturated heterocycles. The van der Waals surface area contributed by atoms with Crippen LogP contribution in [0, 0.1) is 0 Å². The molecule has 0 saturated carbocycles. The fourth-order valence-corrected chi connectivity index (χ4v) is 2.60. The van der Waals surface area contributed by atoms with Crippen LogP contribution in [0.2, 0.25) is 0 Å². The summed E-state index contributed by atoms with van der Waals surface area (Å²) in [5.41, 5.74) is 3.34. The molecule has 2 aromatic carbocycles. The summed E-state index contributed by atoms with van der Waals surface area (Å²) in [6, 6.07) is 19.1. The maximum absolute atomic E-state index is 4.86. The minimum atomic E-state index is 1.00. The standard InChI is InChI=1S/C19H21N3/c1-21(2)16-11-9-14(10-12-16)18-13-15-7-5-6-8-17(15)19(20-18)22(3)4/h5-13H,1-4H3. The van der Waals surface area contributed by atoms with Gasteiger partial charge in [0.2, 0.25) is 0 Å². The van der Waals surface area contributed by atoms with Crippen molar-refractivity contribution >= 4 is 22.3 Å². The van der Waals surface area contributed by atoms with E-state index in [0.717, 1.165) is 17.1 Å². The molecule has 3 nitrogen and oxygen atoms in total. The van der Waals surface area contributed by atoms with Crippen molar-refractivity contribution in [2.75, 3.05) is 38.0 Å². The first-order valence-electron chi connectivity index (χ1n) is 7.41. The zero-order valence-corrected chi connectivity index (χ0v) is 13.5. The summed E-state index contributed by atoms with van der Waals surface area (Å²) < 4.78 is 0. The minimum Gasteiger partial charge on any atom is -0.378 e. The van der Waals surface area contributed by atoms with Gasteiger partial charge in [0.15, 0.2) is 0 Å². The molecule has 0 aliphatic carbocycles. The van der Waals surface area contributed by atoms with E-state index in [1.807, 2.05) is 28.2 Å². The van der Waals surface area contributed by atoms with Crippen molar-refractivity contribution in [3.05, 3.63) is 54.6 Å². The Morgan fingerprint density at radius 3 is 2.09 bits per heavy atom. The van der Waals surface area contributed by atoms with Crippen LogP contribution in [0.3, 0.4) is 0 Å². The van der Waals surface area contributed by atoms with E-state index >= 15 is 0 Å². The molecule has 0 spiro atoms. The van der Waals surface area contributed by atoms with Crippen LogP contribution in [0.1, 0.15) is 0 Å². The van der Waals surface area contributed by atoms with Gasteiger partial charge in [-0.1, -0.05) is 36.4 Å². The summed E-state index contributed by atoms with van der Waals surface area (Å²) in [5.74, 6) is 1.00. The predicted octanol–water partition coefficient (Wildman–Crippen LogP) is 4.03. The van der Waals surface area contributed by atoms with Crippen LogP contribution in [-0.2, 0) is 0 Å².